The van der Waals surface area contributed by atoms with E-state index in [1.807, 2.05) is 23.6 Å². The normalized spacial score (nSPS) is 11.8. The Bertz CT molecular complexity index is 1010. The number of nitrogens with zero attached hydrogens (tertiary/aromatic N) is 2. The average molecular weight is 377 g/mol. The van der Waals surface area contributed by atoms with Crippen molar-refractivity contribution in [1.29, 1.82) is 0 Å². The highest BCUT2D eigenvalue weighted by molar-refractivity contribution is 7.16. The van der Waals surface area contributed by atoms with Crippen LogP contribution >= 0.6 is 22.9 Å². The first kappa shape index (κ1) is 17.5. The van der Waals surface area contributed by atoms with Crippen LogP contribution in [0, 0.1) is 0 Å². The first-order valence-corrected chi connectivity index (χ1v) is 8.88. The van der Waals surface area contributed by atoms with Crippen LogP contribution in [0.4, 0.5) is 0 Å². The van der Waals surface area contributed by atoms with Crippen molar-refractivity contribution in [2.75, 3.05) is 14.2 Å². The van der Waals surface area contributed by atoms with Gasteiger partial charge in [0.05, 0.1) is 24.8 Å². The number of benzene rings is 2. The van der Waals surface area contributed by atoms with E-state index in [9.17, 15) is 4.79 Å². The number of methoxy groups -OCH3 is 2. The van der Waals surface area contributed by atoms with E-state index < -0.39 is 0 Å². The van der Waals surface area contributed by atoms with Gasteiger partial charge in [0.25, 0.3) is 5.91 Å². The molecule has 7 heteroatoms. The molecule has 1 amide bonds. The smallest absolute Gasteiger partial charge is 0.281 e. The van der Waals surface area contributed by atoms with Gasteiger partial charge in [-0.3, -0.25) is 4.79 Å². The van der Waals surface area contributed by atoms with Gasteiger partial charge < -0.3 is 14.0 Å². The first-order chi connectivity index (χ1) is 12.1. The Morgan fingerprint density at radius 1 is 1.16 bits per heavy atom. The third kappa shape index (κ3) is 3.15. The second kappa shape index (κ2) is 7.29. The second-order valence-corrected chi connectivity index (χ2v) is 6.56. The molecule has 5 nitrogen and oxygen atoms in total. The van der Waals surface area contributed by atoms with Crippen LogP contribution in [0.2, 0.25) is 5.02 Å². The fraction of sp³-hybridized carbons (Fsp3) is 0.222. The number of halogens is 1. The summed E-state index contributed by atoms with van der Waals surface area (Å²) in [7, 11) is 3.23. The molecular formula is C18H17ClN2O3S. The highest BCUT2D eigenvalue weighted by Crippen LogP contribution is 2.35. The molecule has 0 N–H and O–H groups in total. The van der Waals surface area contributed by atoms with Crippen LogP contribution in [-0.4, -0.2) is 24.7 Å². The molecule has 0 aliphatic rings. The number of carbonyl (C=O) groups excluding carboxylic acids is 1. The zero-order valence-electron chi connectivity index (χ0n) is 14.1. The number of hydrogen-bond acceptors (Lipinski definition) is 4. The monoisotopic (exact) mass is 376 g/mol. The summed E-state index contributed by atoms with van der Waals surface area (Å²) in [4.78, 5) is 17.4. The van der Waals surface area contributed by atoms with Crippen molar-refractivity contribution in [3.63, 3.8) is 0 Å². The molecule has 0 bridgehead atoms. The maximum absolute atomic E-state index is 12.6. The summed E-state index contributed by atoms with van der Waals surface area (Å²) in [5.41, 5.74) is 1.24. The second-order valence-electron chi connectivity index (χ2n) is 5.17. The van der Waals surface area contributed by atoms with Crippen LogP contribution < -0.4 is 14.3 Å². The lowest BCUT2D eigenvalue weighted by Crippen LogP contribution is -2.16. The number of amides is 1. The van der Waals surface area contributed by atoms with Gasteiger partial charge in [-0.1, -0.05) is 35.1 Å². The first-order valence-electron chi connectivity index (χ1n) is 7.68. The molecular weight excluding hydrogens is 360 g/mol. The SMILES string of the molecule is CCn1c(=NC(=O)c2ccccc2Cl)sc2c(OC)ccc(OC)c21. The summed E-state index contributed by atoms with van der Waals surface area (Å²) < 4.78 is 13.7. The molecule has 0 aliphatic carbocycles. The van der Waals surface area contributed by atoms with E-state index in [1.165, 1.54) is 11.3 Å². The molecule has 3 aromatic rings. The summed E-state index contributed by atoms with van der Waals surface area (Å²) in [6, 6.07) is 10.6. The number of rotatable bonds is 4. The van der Waals surface area contributed by atoms with Gasteiger partial charge in [-0.15, -0.1) is 0 Å². The van der Waals surface area contributed by atoms with Crippen molar-refractivity contribution in [3.05, 3.63) is 51.8 Å². The molecule has 0 spiro atoms. The molecule has 0 fully saturated rings. The Balaban J connectivity index is 2.26. The highest BCUT2D eigenvalue weighted by atomic mass is 35.5. The van der Waals surface area contributed by atoms with Crippen molar-refractivity contribution >= 4 is 39.1 Å². The Morgan fingerprint density at radius 2 is 1.84 bits per heavy atom. The zero-order valence-corrected chi connectivity index (χ0v) is 15.6. The van der Waals surface area contributed by atoms with Crippen molar-refractivity contribution in [3.8, 4) is 11.5 Å². The fourth-order valence-electron chi connectivity index (χ4n) is 2.61. The molecule has 0 aliphatic heterocycles. The number of hydrogen-bond donors (Lipinski definition) is 0. The largest absolute Gasteiger partial charge is 0.495 e. The lowest BCUT2D eigenvalue weighted by atomic mass is 10.2. The lowest BCUT2D eigenvalue weighted by molar-refractivity contribution is 0.0998. The Morgan fingerprint density at radius 3 is 2.48 bits per heavy atom. The summed E-state index contributed by atoms with van der Waals surface area (Å²) >= 11 is 7.49. The average Bonchev–Trinajstić information content (AvgIpc) is 2.99. The summed E-state index contributed by atoms with van der Waals surface area (Å²) in [6.07, 6.45) is 0. The van der Waals surface area contributed by atoms with E-state index in [4.69, 9.17) is 21.1 Å². The molecule has 0 unspecified atom stereocenters. The van der Waals surface area contributed by atoms with Gasteiger partial charge in [-0.05, 0) is 31.2 Å². The minimum Gasteiger partial charge on any atom is -0.495 e. The van der Waals surface area contributed by atoms with E-state index >= 15 is 0 Å². The van der Waals surface area contributed by atoms with Crippen molar-refractivity contribution in [1.82, 2.24) is 4.57 Å². The van der Waals surface area contributed by atoms with E-state index in [0.717, 1.165) is 16.0 Å². The molecule has 130 valence electrons. The minimum absolute atomic E-state index is 0.378. The number of aromatic nitrogens is 1. The maximum Gasteiger partial charge on any atom is 0.281 e. The molecule has 2 aromatic carbocycles. The maximum atomic E-state index is 12.6. The molecule has 3 rings (SSSR count). The van der Waals surface area contributed by atoms with Gasteiger partial charge in [-0.25, -0.2) is 0 Å². The van der Waals surface area contributed by atoms with Gasteiger partial charge in [0.15, 0.2) is 4.80 Å². The molecule has 0 radical (unpaired) electrons. The van der Waals surface area contributed by atoms with Crippen LogP contribution in [0.3, 0.4) is 0 Å². The van der Waals surface area contributed by atoms with Crippen LogP contribution in [0.15, 0.2) is 41.4 Å². The van der Waals surface area contributed by atoms with Gasteiger partial charge in [0.1, 0.15) is 21.7 Å². The Hall–Kier alpha value is -2.31. The zero-order chi connectivity index (χ0) is 18.0. The third-order valence-electron chi connectivity index (χ3n) is 3.81. The number of ether oxygens (including phenoxy) is 2. The third-order valence-corrected chi connectivity index (χ3v) is 5.23. The van der Waals surface area contributed by atoms with E-state index in [1.54, 1.807) is 38.5 Å². The van der Waals surface area contributed by atoms with E-state index in [0.29, 0.717) is 27.7 Å². The van der Waals surface area contributed by atoms with Crippen molar-refractivity contribution in [2.45, 2.75) is 13.5 Å². The number of fused-ring (bicyclic) bond motifs is 1. The number of thiazole rings is 1. The summed E-state index contributed by atoms with van der Waals surface area (Å²) in [6.45, 7) is 2.63. The molecule has 0 saturated heterocycles. The van der Waals surface area contributed by atoms with Gasteiger partial charge in [-0.2, -0.15) is 4.99 Å². The minimum atomic E-state index is -0.378. The van der Waals surface area contributed by atoms with Crippen LogP contribution in [0.25, 0.3) is 10.2 Å². The quantitative estimate of drug-likeness (QED) is 0.687. The number of carbonyl (C=O) groups is 1. The van der Waals surface area contributed by atoms with Gasteiger partial charge in [0, 0.05) is 6.54 Å². The van der Waals surface area contributed by atoms with Crippen LogP contribution in [0.1, 0.15) is 17.3 Å². The summed E-state index contributed by atoms with van der Waals surface area (Å²) in [5, 5.41) is 0.385. The molecule has 25 heavy (non-hydrogen) atoms. The molecule has 0 saturated carbocycles. The lowest BCUT2D eigenvalue weighted by Gasteiger charge is -2.08. The Kier molecular flexibility index (Phi) is 5.11. The Labute approximate surface area is 154 Å². The molecule has 0 atom stereocenters. The number of aryl methyl sites for hydroxylation is 1. The van der Waals surface area contributed by atoms with Crippen LogP contribution in [-0.2, 0) is 6.54 Å². The molecule has 1 aromatic heterocycles. The van der Waals surface area contributed by atoms with E-state index in [-0.39, 0.29) is 5.91 Å². The highest BCUT2D eigenvalue weighted by Gasteiger charge is 2.16. The fourth-order valence-corrected chi connectivity index (χ4v) is 4.03. The van der Waals surface area contributed by atoms with Crippen molar-refractivity contribution in [2.24, 2.45) is 4.99 Å². The summed E-state index contributed by atoms with van der Waals surface area (Å²) in [5.74, 6) is 1.05. The molecule has 1 heterocycles. The predicted octanol–water partition coefficient (Wildman–Crippen LogP) is 4.13. The van der Waals surface area contributed by atoms with Crippen molar-refractivity contribution < 1.29 is 14.3 Å². The predicted molar refractivity (Wildman–Crippen MR) is 99.9 cm³/mol. The van der Waals surface area contributed by atoms with Gasteiger partial charge in [0.2, 0.25) is 0 Å². The van der Waals surface area contributed by atoms with Crippen LogP contribution in [0.5, 0.6) is 11.5 Å². The van der Waals surface area contributed by atoms with E-state index in [2.05, 4.69) is 4.99 Å². The standard InChI is InChI=1S/C18H17ClN2O3S/c1-4-21-15-13(23-2)9-10-14(24-3)16(15)25-18(21)20-17(22)11-7-5-6-8-12(11)19/h5-10H,4H2,1-3H3. The van der Waals surface area contributed by atoms with Gasteiger partial charge >= 0.3 is 0 Å². The topological polar surface area (TPSA) is 52.8 Å².